The number of likely N-dealkylation sites (tertiary alicyclic amines) is 1. The lowest BCUT2D eigenvalue weighted by Crippen LogP contribution is -2.53. The van der Waals surface area contributed by atoms with E-state index in [4.69, 9.17) is 4.42 Å². The van der Waals surface area contributed by atoms with Crippen LogP contribution >= 0.6 is 0 Å². The van der Waals surface area contributed by atoms with E-state index >= 15 is 0 Å². The fourth-order valence-corrected chi connectivity index (χ4v) is 3.17. The average molecular weight is 394 g/mol. The number of carbonyl (C=O) groups is 1. The molecule has 1 N–H and O–H groups in total. The van der Waals surface area contributed by atoms with Crippen molar-refractivity contribution in [1.82, 2.24) is 10.2 Å². The Morgan fingerprint density at radius 1 is 1.19 bits per heavy atom. The minimum atomic E-state index is -5.50. The van der Waals surface area contributed by atoms with Crippen LogP contribution in [0.1, 0.15) is 25.1 Å². The number of benzene rings is 1. The molecular formula is C17H16F6N2O2. The lowest BCUT2D eigenvalue weighted by molar-refractivity contribution is -0.334. The molecule has 4 nitrogen and oxygen atoms in total. The van der Waals surface area contributed by atoms with Crippen LogP contribution in [-0.4, -0.2) is 36.4 Å². The molecule has 0 bridgehead atoms. The zero-order valence-electron chi connectivity index (χ0n) is 14.1. The highest BCUT2D eigenvalue weighted by atomic mass is 19.4. The molecule has 3 rings (SSSR count). The highest BCUT2D eigenvalue weighted by Crippen LogP contribution is 2.55. The van der Waals surface area contributed by atoms with Crippen LogP contribution in [0, 0.1) is 5.41 Å². The second kappa shape index (κ2) is 6.35. The first kappa shape index (κ1) is 19.4. The van der Waals surface area contributed by atoms with Gasteiger partial charge in [-0.2, -0.15) is 26.3 Å². The number of furan rings is 1. The maximum absolute atomic E-state index is 13.1. The number of fused-ring (bicyclic) bond motifs is 1. The smallest absolute Gasteiger partial charge is 0.404 e. The molecule has 1 fully saturated rings. The Labute approximate surface area is 150 Å². The molecule has 1 atom stereocenters. The standard InChI is InChI=1S/C17H16F6N2O2/c1-10(13-8-11-4-2-3-5-12(11)27-13)24-14(26)25-7-6-15(9-25,16(18,19)20)17(21,22)23/h2-5,8,10H,6-7,9H2,1H3,(H,24,26). The van der Waals surface area contributed by atoms with E-state index in [-0.39, 0.29) is 0 Å². The number of alkyl halides is 6. The summed E-state index contributed by atoms with van der Waals surface area (Å²) in [5.41, 5.74) is -3.34. The molecule has 2 amide bonds. The molecule has 27 heavy (non-hydrogen) atoms. The van der Waals surface area contributed by atoms with E-state index in [9.17, 15) is 31.1 Å². The van der Waals surface area contributed by atoms with E-state index in [0.717, 1.165) is 5.39 Å². The molecule has 0 saturated carbocycles. The van der Waals surface area contributed by atoms with Gasteiger partial charge < -0.3 is 14.6 Å². The number of nitrogens with zero attached hydrogens (tertiary/aromatic N) is 1. The van der Waals surface area contributed by atoms with Crippen LogP contribution in [0.15, 0.2) is 34.7 Å². The summed E-state index contributed by atoms with van der Waals surface area (Å²) in [5.74, 6) is 0.349. The van der Waals surface area contributed by atoms with Crippen LogP contribution in [0.3, 0.4) is 0 Å². The summed E-state index contributed by atoms with van der Waals surface area (Å²) in [7, 11) is 0. The molecule has 0 aliphatic carbocycles. The van der Waals surface area contributed by atoms with Gasteiger partial charge in [0.05, 0.1) is 6.04 Å². The molecular weight excluding hydrogens is 378 g/mol. The number of hydrogen-bond acceptors (Lipinski definition) is 2. The molecule has 1 aliphatic rings. The van der Waals surface area contributed by atoms with E-state index in [1.807, 2.05) is 0 Å². The van der Waals surface area contributed by atoms with E-state index < -0.39 is 49.4 Å². The summed E-state index contributed by atoms with van der Waals surface area (Å²) in [4.78, 5) is 12.8. The molecule has 1 aromatic carbocycles. The Balaban J connectivity index is 1.73. The van der Waals surface area contributed by atoms with Crippen molar-refractivity contribution in [1.29, 1.82) is 0 Å². The Kier molecular flexibility index (Phi) is 4.55. The van der Waals surface area contributed by atoms with Gasteiger partial charge in [-0.05, 0) is 25.5 Å². The van der Waals surface area contributed by atoms with Crippen molar-refractivity contribution in [3.05, 3.63) is 36.1 Å². The predicted molar refractivity (Wildman–Crippen MR) is 83.9 cm³/mol. The van der Waals surface area contributed by atoms with Crippen LogP contribution in [0.4, 0.5) is 31.1 Å². The first-order valence-corrected chi connectivity index (χ1v) is 8.12. The zero-order valence-corrected chi connectivity index (χ0v) is 14.1. The van der Waals surface area contributed by atoms with Crippen molar-refractivity contribution in [2.24, 2.45) is 5.41 Å². The molecule has 1 aliphatic heterocycles. The first-order chi connectivity index (χ1) is 12.4. The Morgan fingerprint density at radius 3 is 2.37 bits per heavy atom. The summed E-state index contributed by atoms with van der Waals surface area (Å²) in [6, 6.07) is 6.93. The van der Waals surface area contributed by atoms with E-state index in [2.05, 4.69) is 5.32 Å². The van der Waals surface area contributed by atoms with Gasteiger partial charge in [-0.3, -0.25) is 0 Å². The molecule has 148 valence electrons. The van der Waals surface area contributed by atoms with E-state index in [0.29, 0.717) is 16.2 Å². The van der Waals surface area contributed by atoms with Crippen LogP contribution in [0.5, 0.6) is 0 Å². The Hall–Kier alpha value is -2.39. The average Bonchev–Trinajstić information content (AvgIpc) is 3.19. The summed E-state index contributed by atoms with van der Waals surface area (Å²) in [5, 5.41) is 3.16. The third-order valence-electron chi connectivity index (χ3n) is 4.85. The topological polar surface area (TPSA) is 45.5 Å². The highest BCUT2D eigenvalue weighted by Gasteiger charge is 2.72. The minimum absolute atomic E-state index is 0.349. The maximum atomic E-state index is 13.1. The van der Waals surface area contributed by atoms with Crippen molar-refractivity contribution in [2.45, 2.75) is 31.7 Å². The third kappa shape index (κ3) is 3.32. The van der Waals surface area contributed by atoms with Gasteiger partial charge in [-0.15, -0.1) is 0 Å². The number of para-hydroxylation sites is 1. The summed E-state index contributed by atoms with van der Waals surface area (Å²) < 4.78 is 84.2. The van der Waals surface area contributed by atoms with Gasteiger partial charge in [0.1, 0.15) is 11.3 Å². The summed E-state index contributed by atoms with van der Waals surface area (Å²) in [6.07, 6.45) is -12.2. The van der Waals surface area contributed by atoms with E-state index in [1.165, 1.54) is 6.92 Å². The number of halogens is 6. The monoisotopic (exact) mass is 394 g/mol. The second-order valence-electron chi connectivity index (χ2n) is 6.61. The Bertz CT molecular complexity index is 795. The number of rotatable bonds is 2. The third-order valence-corrected chi connectivity index (χ3v) is 4.85. The number of urea groups is 1. The van der Waals surface area contributed by atoms with Gasteiger partial charge in [0.25, 0.3) is 0 Å². The zero-order chi connectivity index (χ0) is 20.0. The number of carbonyl (C=O) groups excluding carboxylic acids is 1. The minimum Gasteiger partial charge on any atom is -0.459 e. The van der Waals surface area contributed by atoms with Crippen LogP contribution < -0.4 is 5.32 Å². The molecule has 1 saturated heterocycles. The van der Waals surface area contributed by atoms with Crippen LogP contribution in [-0.2, 0) is 0 Å². The molecule has 2 heterocycles. The molecule has 10 heteroatoms. The number of nitrogens with one attached hydrogen (secondary N) is 1. The summed E-state index contributed by atoms with van der Waals surface area (Å²) >= 11 is 0. The molecule has 0 radical (unpaired) electrons. The van der Waals surface area contributed by atoms with Crippen molar-refractivity contribution in [2.75, 3.05) is 13.1 Å². The Morgan fingerprint density at radius 2 is 1.81 bits per heavy atom. The normalized spacial score (nSPS) is 18.7. The van der Waals surface area contributed by atoms with Gasteiger partial charge >= 0.3 is 18.4 Å². The largest absolute Gasteiger partial charge is 0.459 e. The quantitative estimate of drug-likeness (QED) is 0.727. The number of hydrogen-bond donors (Lipinski definition) is 1. The predicted octanol–water partition coefficient (Wildman–Crippen LogP) is 5.02. The second-order valence-corrected chi connectivity index (χ2v) is 6.61. The fraction of sp³-hybridized carbons (Fsp3) is 0.471. The molecule has 1 unspecified atom stereocenters. The highest BCUT2D eigenvalue weighted by molar-refractivity contribution is 5.78. The van der Waals surface area contributed by atoms with Crippen LogP contribution in [0.2, 0.25) is 0 Å². The SMILES string of the molecule is CC(NC(=O)N1CCC(C(F)(F)F)(C(F)(F)F)C1)c1cc2ccccc2o1. The maximum Gasteiger partial charge on any atom is 0.404 e. The molecule has 0 spiro atoms. The van der Waals surface area contributed by atoms with Gasteiger partial charge in [0, 0.05) is 18.5 Å². The van der Waals surface area contributed by atoms with Crippen molar-refractivity contribution >= 4 is 17.0 Å². The van der Waals surface area contributed by atoms with Gasteiger partial charge in [-0.1, -0.05) is 18.2 Å². The van der Waals surface area contributed by atoms with Crippen molar-refractivity contribution < 1.29 is 35.6 Å². The van der Waals surface area contributed by atoms with E-state index in [1.54, 1.807) is 30.3 Å². The van der Waals surface area contributed by atoms with Crippen LogP contribution in [0.25, 0.3) is 11.0 Å². The lowest BCUT2D eigenvalue weighted by Gasteiger charge is -2.33. The van der Waals surface area contributed by atoms with Crippen molar-refractivity contribution in [3.8, 4) is 0 Å². The summed E-state index contributed by atoms with van der Waals surface area (Å²) in [6.45, 7) is -0.567. The molecule has 2 aromatic rings. The lowest BCUT2D eigenvalue weighted by atomic mass is 9.85. The van der Waals surface area contributed by atoms with Gasteiger partial charge in [0.15, 0.2) is 5.41 Å². The number of amides is 2. The molecule has 1 aromatic heterocycles. The first-order valence-electron chi connectivity index (χ1n) is 8.12. The van der Waals surface area contributed by atoms with Crippen molar-refractivity contribution in [3.63, 3.8) is 0 Å². The fourth-order valence-electron chi connectivity index (χ4n) is 3.17. The van der Waals surface area contributed by atoms with Gasteiger partial charge in [0.2, 0.25) is 0 Å². The van der Waals surface area contributed by atoms with Gasteiger partial charge in [-0.25, -0.2) is 4.79 Å².